The number of thioether (sulfide) groups is 1. The van der Waals surface area contributed by atoms with Gasteiger partial charge in [-0.15, -0.1) is 11.8 Å². The molecule has 2 heterocycles. The Morgan fingerprint density at radius 2 is 2.05 bits per heavy atom. The lowest BCUT2D eigenvalue weighted by molar-refractivity contribution is -0.132. The summed E-state index contributed by atoms with van der Waals surface area (Å²) in [6, 6.07) is 8.30. The van der Waals surface area contributed by atoms with Crippen molar-refractivity contribution in [2.45, 2.75) is 29.6 Å². The van der Waals surface area contributed by atoms with Crippen LogP contribution in [-0.4, -0.2) is 64.9 Å². The van der Waals surface area contributed by atoms with E-state index >= 15 is 0 Å². The number of β-amino-alcohol motifs (C(OH)–C–C–N with tert-alkyl or cyclic N) is 1. The molecule has 21 heavy (non-hydrogen) atoms. The Morgan fingerprint density at radius 3 is 2.71 bits per heavy atom. The van der Waals surface area contributed by atoms with Crippen LogP contribution < -0.4 is 0 Å². The predicted octanol–water partition coefficient (Wildman–Crippen LogP) is 1.23. The van der Waals surface area contributed by atoms with E-state index in [1.54, 1.807) is 11.8 Å². The number of hydrogen-bond acceptors (Lipinski definition) is 4. The number of carbonyl (C=O) groups is 1. The van der Waals surface area contributed by atoms with Crippen molar-refractivity contribution in [2.24, 2.45) is 0 Å². The Hall–Kier alpha value is -1.04. The van der Waals surface area contributed by atoms with E-state index in [-0.39, 0.29) is 17.3 Å². The topological polar surface area (TPSA) is 43.8 Å². The molecule has 0 saturated carbocycles. The van der Waals surface area contributed by atoms with E-state index in [2.05, 4.69) is 17.0 Å². The number of nitrogens with zero attached hydrogens (tertiary/aromatic N) is 2. The number of aliphatic hydroxyl groups is 1. The zero-order valence-corrected chi connectivity index (χ0v) is 13.2. The maximum Gasteiger partial charge on any atom is 0.236 e. The molecule has 2 aliphatic rings. The fourth-order valence-corrected chi connectivity index (χ4v) is 4.33. The molecular formula is C16H22N2O2S. The van der Waals surface area contributed by atoms with Gasteiger partial charge in [-0.2, -0.15) is 0 Å². The van der Waals surface area contributed by atoms with Gasteiger partial charge >= 0.3 is 0 Å². The standard InChI is InChI=1S/C16H22N2O2S/c1-12(19)11-17-6-8-18(9-7-17)16(20)15-10-13-4-2-3-5-14(13)21-15/h2-5,12,15,19H,6-11H2,1H3/t12-,15+/m1/s1. The lowest BCUT2D eigenvalue weighted by Crippen LogP contribution is -2.52. The van der Waals surface area contributed by atoms with E-state index in [9.17, 15) is 9.90 Å². The van der Waals surface area contributed by atoms with Gasteiger partial charge in [0.25, 0.3) is 0 Å². The first-order valence-corrected chi connectivity index (χ1v) is 8.45. The normalized spacial score (nSPS) is 23.9. The van der Waals surface area contributed by atoms with Gasteiger partial charge in [-0.3, -0.25) is 9.69 Å². The monoisotopic (exact) mass is 306 g/mol. The second-order valence-corrected chi connectivity index (χ2v) is 7.14. The zero-order chi connectivity index (χ0) is 14.8. The number of benzene rings is 1. The molecule has 0 radical (unpaired) electrons. The summed E-state index contributed by atoms with van der Waals surface area (Å²) in [6.07, 6.45) is 0.556. The summed E-state index contributed by atoms with van der Waals surface area (Å²) in [7, 11) is 0. The van der Waals surface area contributed by atoms with Gasteiger partial charge < -0.3 is 10.0 Å². The minimum atomic E-state index is -0.299. The Bertz CT molecular complexity index is 488. The minimum Gasteiger partial charge on any atom is -0.392 e. The molecule has 1 N–H and O–H groups in total. The summed E-state index contributed by atoms with van der Waals surface area (Å²) in [4.78, 5) is 18.1. The number of hydrogen-bond donors (Lipinski definition) is 1. The molecule has 0 unspecified atom stereocenters. The Balaban J connectivity index is 1.54. The van der Waals surface area contributed by atoms with Gasteiger partial charge in [-0.25, -0.2) is 0 Å². The lowest BCUT2D eigenvalue weighted by atomic mass is 10.1. The van der Waals surface area contributed by atoms with Crippen LogP contribution in [-0.2, 0) is 11.2 Å². The molecule has 3 rings (SSSR count). The highest BCUT2D eigenvalue weighted by molar-refractivity contribution is 8.01. The van der Waals surface area contributed by atoms with Crippen LogP contribution in [0.4, 0.5) is 0 Å². The highest BCUT2D eigenvalue weighted by Gasteiger charge is 2.32. The van der Waals surface area contributed by atoms with Crippen molar-refractivity contribution in [1.82, 2.24) is 9.80 Å². The van der Waals surface area contributed by atoms with Crippen LogP contribution in [0.1, 0.15) is 12.5 Å². The molecule has 1 aromatic rings. The van der Waals surface area contributed by atoms with Crippen molar-refractivity contribution in [1.29, 1.82) is 0 Å². The van der Waals surface area contributed by atoms with Crippen molar-refractivity contribution in [3.05, 3.63) is 29.8 Å². The molecule has 1 saturated heterocycles. The molecule has 4 nitrogen and oxygen atoms in total. The van der Waals surface area contributed by atoms with Crippen molar-refractivity contribution < 1.29 is 9.90 Å². The fourth-order valence-electron chi connectivity index (χ4n) is 3.05. The summed E-state index contributed by atoms with van der Waals surface area (Å²) < 4.78 is 0. The molecular weight excluding hydrogens is 284 g/mol. The summed E-state index contributed by atoms with van der Waals surface area (Å²) in [5, 5.41) is 9.47. The van der Waals surface area contributed by atoms with E-state index in [0.29, 0.717) is 6.54 Å². The number of carbonyl (C=O) groups excluding carboxylic acids is 1. The van der Waals surface area contributed by atoms with Crippen molar-refractivity contribution in [3.8, 4) is 0 Å². The third-order valence-corrected chi connectivity index (χ3v) is 5.43. The van der Waals surface area contributed by atoms with Crippen LogP contribution in [0.5, 0.6) is 0 Å². The molecule has 0 bridgehead atoms. The second kappa shape index (κ2) is 6.38. The zero-order valence-electron chi connectivity index (χ0n) is 12.4. The van der Waals surface area contributed by atoms with E-state index in [4.69, 9.17) is 0 Å². The van der Waals surface area contributed by atoms with Gasteiger partial charge in [-0.05, 0) is 25.0 Å². The maximum absolute atomic E-state index is 12.6. The maximum atomic E-state index is 12.6. The quantitative estimate of drug-likeness (QED) is 0.912. The first kappa shape index (κ1) is 14.9. The molecule has 2 aliphatic heterocycles. The molecule has 0 aliphatic carbocycles. The average Bonchev–Trinajstić information content (AvgIpc) is 2.90. The van der Waals surface area contributed by atoms with Gasteiger partial charge in [0.1, 0.15) is 0 Å². The molecule has 1 amide bonds. The van der Waals surface area contributed by atoms with Crippen LogP contribution in [0.2, 0.25) is 0 Å². The van der Waals surface area contributed by atoms with E-state index < -0.39 is 0 Å². The van der Waals surface area contributed by atoms with Crippen LogP contribution in [0.25, 0.3) is 0 Å². The molecule has 1 fully saturated rings. The van der Waals surface area contributed by atoms with Crippen molar-refractivity contribution in [2.75, 3.05) is 32.7 Å². The number of rotatable bonds is 3. The number of amides is 1. The fraction of sp³-hybridized carbons (Fsp3) is 0.562. The van der Waals surface area contributed by atoms with Crippen LogP contribution in [0.3, 0.4) is 0 Å². The van der Waals surface area contributed by atoms with Crippen molar-refractivity contribution >= 4 is 17.7 Å². The van der Waals surface area contributed by atoms with Gasteiger partial charge in [-0.1, -0.05) is 18.2 Å². The highest BCUT2D eigenvalue weighted by Crippen LogP contribution is 2.37. The highest BCUT2D eigenvalue weighted by atomic mass is 32.2. The Labute approximate surface area is 130 Å². The third kappa shape index (κ3) is 3.42. The number of piperazine rings is 1. The first-order chi connectivity index (χ1) is 10.1. The Kier molecular flexibility index (Phi) is 4.52. The first-order valence-electron chi connectivity index (χ1n) is 7.57. The van der Waals surface area contributed by atoms with Gasteiger partial charge in [0.05, 0.1) is 11.4 Å². The van der Waals surface area contributed by atoms with Crippen LogP contribution in [0.15, 0.2) is 29.2 Å². The summed E-state index contributed by atoms with van der Waals surface area (Å²) in [6.45, 7) is 5.79. The van der Waals surface area contributed by atoms with Gasteiger partial charge in [0.2, 0.25) is 5.91 Å². The molecule has 0 aromatic heterocycles. The molecule has 1 aromatic carbocycles. The molecule has 0 spiro atoms. The second-order valence-electron chi connectivity index (χ2n) is 5.89. The van der Waals surface area contributed by atoms with Crippen LogP contribution in [0, 0.1) is 0 Å². The predicted molar refractivity (Wildman–Crippen MR) is 84.5 cm³/mol. The van der Waals surface area contributed by atoms with Crippen LogP contribution >= 0.6 is 11.8 Å². The van der Waals surface area contributed by atoms with E-state index in [1.165, 1.54) is 10.5 Å². The smallest absolute Gasteiger partial charge is 0.236 e. The molecule has 5 heteroatoms. The SMILES string of the molecule is C[C@@H](O)CN1CCN(C(=O)[C@@H]2Cc3ccccc3S2)CC1. The molecule has 114 valence electrons. The minimum absolute atomic E-state index is 0.0470. The number of fused-ring (bicyclic) bond motifs is 1. The van der Waals surface area contributed by atoms with E-state index in [0.717, 1.165) is 32.6 Å². The van der Waals surface area contributed by atoms with Crippen molar-refractivity contribution in [3.63, 3.8) is 0 Å². The summed E-state index contributed by atoms with van der Waals surface area (Å²) >= 11 is 1.70. The largest absolute Gasteiger partial charge is 0.392 e. The van der Waals surface area contributed by atoms with E-state index in [1.807, 2.05) is 24.0 Å². The third-order valence-electron chi connectivity index (χ3n) is 4.13. The number of aliphatic hydroxyl groups excluding tert-OH is 1. The summed E-state index contributed by atoms with van der Waals surface area (Å²) in [5.74, 6) is 0.271. The average molecular weight is 306 g/mol. The van der Waals surface area contributed by atoms with Gasteiger partial charge in [0, 0.05) is 37.6 Å². The Morgan fingerprint density at radius 1 is 1.33 bits per heavy atom. The lowest BCUT2D eigenvalue weighted by Gasteiger charge is -2.36. The summed E-state index contributed by atoms with van der Waals surface area (Å²) in [5.41, 5.74) is 1.30. The molecule has 2 atom stereocenters. The van der Waals surface area contributed by atoms with Gasteiger partial charge in [0.15, 0.2) is 0 Å².